The molecule has 1 aromatic carbocycles. The number of hydrogen-bond donors (Lipinski definition) is 2. The average Bonchev–Trinajstić information content (AvgIpc) is 2.22. The number of aliphatic hydroxyl groups is 1. The summed E-state index contributed by atoms with van der Waals surface area (Å²) in [5, 5.41) is 8.76. The average molecular weight is 278 g/mol. The van der Waals surface area contributed by atoms with E-state index in [4.69, 9.17) is 15.6 Å². The first-order chi connectivity index (χ1) is 7.10. The van der Waals surface area contributed by atoms with Crippen LogP contribution in [0.1, 0.15) is 18.0 Å². The van der Waals surface area contributed by atoms with Gasteiger partial charge in [0, 0.05) is 18.7 Å². The van der Waals surface area contributed by atoms with E-state index in [2.05, 4.69) is 15.9 Å². The van der Waals surface area contributed by atoms with Gasteiger partial charge in [-0.05, 0) is 34.0 Å². The van der Waals surface area contributed by atoms with Gasteiger partial charge >= 0.3 is 0 Å². The van der Waals surface area contributed by atoms with E-state index >= 15 is 0 Å². The molecule has 0 aliphatic rings. The zero-order chi connectivity index (χ0) is 11.4. The molecule has 1 unspecified atom stereocenters. The van der Waals surface area contributed by atoms with Crippen molar-refractivity contribution in [2.75, 3.05) is 13.7 Å². The minimum Gasteiger partial charge on any atom is -0.497 e. The number of aliphatic hydroxyl groups excluding tert-OH is 1. The molecule has 0 bridgehead atoms. The Kier molecular flexibility index (Phi) is 4.50. The van der Waals surface area contributed by atoms with E-state index in [-0.39, 0.29) is 6.61 Å². The second kappa shape index (κ2) is 5.44. The largest absolute Gasteiger partial charge is 0.497 e. The third-order valence-electron chi connectivity index (χ3n) is 2.11. The summed E-state index contributed by atoms with van der Waals surface area (Å²) in [7, 11) is 1.46. The Morgan fingerprint density at radius 3 is 2.80 bits per heavy atom. The lowest BCUT2D eigenvalue weighted by molar-refractivity contribution is 0.276. The molecule has 3 nitrogen and oxygen atoms in total. The van der Waals surface area contributed by atoms with Crippen LogP contribution in [-0.2, 0) is 0 Å². The standard InChI is InChI=1S/C10H13BrFNO2/c1-15-6-4-7(9(13)2-3-14)10(11)8(12)5-6/h4-5,9,14H,2-3,13H2,1H3. The molecule has 0 radical (unpaired) electrons. The van der Waals surface area contributed by atoms with Gasteiger partial charge in [0.15, 0.2) is 0 Å². The van der Waals surface area contributed by atoms with Gasteiger partial charge in [-0.15, -0.1) is 0 Å². The minimum absolute atomic E-state index is 0.0353. The van der Waals surface area contributed by atoms with Crippen molar-refractivity contribution in [2.45, 2.75) is 12.5 Å². The fraction of sp³-hybridized carbons (Fsp3) is 0.400. The minimum atomic E-state index is -0.419. The van der Waals surface area contributed by atoms with Crippen LogP contribution in [0.25, 0.3) is 0 Å². The van der Waals surface area contributed by atoms with Crippen LogP contribution in [0.15, 0.2) is 16.6 Å². The van der Waals surface area contributed by atoms with E-state index in [1.54, 1.807) is 6.07 Å². The topological polar surface area (TPSA) is 55.5 Å². The molecule has 0 saturated heterocycles. The summed E-state index contributed by atoms with van der Waals surface area (Å²) in [4.78, 5) is 0. The molecule has 0 spiro atoms. The number of ether oxygens (including phenoxy) is 1. The molecule has 0 amide bonds. The summed E-state index contributed by atoms with van der Waals surface area (Å²) in [5.74, 6) is -0.00294. The normalized spacial score (nSPS) is 12.6. The van der Waals surface area contributed by atoms with Gasteiger partial charge in [-0.3, -0.25) is 0 Å². The zero-order valence-corrected chi connectivity index (χ0v) is 9.92. The van der Waals surface area contributed by atoms with E-state index in [1.807, 2.05) is 0 Å². The van der Waals surface area contributed by atoms with Crippen LogP contribution in [-0.4, -0.2) is 18.8 Å². The monoisotopic (exact) mass is 277 g/mol. The van der Waals surface area contributed by atoms with Gasteiger partial charge in [-0.25, -0.2) is 4.39 Å². The molecule has 1 rings (SSSR count). The third-order valence-corrected chi connectivity index (χ3v) is 2.94. The Morgan fingerprint density at radius 2 is 2.27 bits per heavy atom. The molecule has 0 saturated carbocycles. The number of benzene rings is 1. The number of methoxy groups -OCH3 is 1. The molecule has 0 aliphatic heterocycles. The van der Waals surface area contributed by atoms with Gasteiger partial charge in [0.25, 0.3) is 0 Å². The van der Waals surface area contributed by atoms with Gasteiger partial charge in [0.05, 0.1) is 11.6 Å². The molecule has 0 fully saturated rings. The van der Waals surface area contributed by atoms with E-state index in [9.17, 15) is 4.39 Å². The predicted octanol–water partition coefficient (Wildman–Crippen LogP) is 1.98. The van der Waals surface area contributed by atoms with E-state index in [0.29, 0.717) is 22.2 Å². The second-order valence-electron chi connectivity index (χ2n) is 3.13. The van der Waals surface area contributed by atoms with Crippen LogP contribution in [0.2, 0.25) is 0 Å². The summed E-state index contributed by atoms with van der Waals surface area (Å²) in [6.45, 7) is -0.0353. The van der Waals surface area contributed by atoms with E-state index < -0.39 is 11.9 Å². The van der Waals surface area contributed by atoms with Gasteiger partial charge in [0.2, 0.25) is 0 Å². The summed E-state index contributed by atoms with van der Waals surface area (Å²) in [5.41, 5.74) is 6.38. The molecule has 0 aliphatic carbocycles. The maximum Gasteiger partial charge on any atom is 0.141 e. The first-order valence-corrected chi connectivity index (χ1v) is 5.28. The van der Waals surface area contributed by atoms with E-state index in [1.165, 1.54) is 13.2 Å². The summed E-state index contributed by atoms with van der Waals surface area (Å²) >= 11 is 3.12. The van der Waals surface area contributed by atoms with Crippen molar-refractivity contribution in [1.82, 2.24) is 0 Å². The van der Waals surface area contributed by atoms with E-state index in [0.717, 1.165) is 0 Å². The van der Waals surface area contributed by atoms with Crippen molar-refractivity contribution < 1.29 is 14.2 Å². The Labute approximate surface area is 96.2 Å². The lowest BCUT2D eigenvalue weighted by Gasteiger charge is -2.14. The number of rotatable bonds is 4. The molecule has 1 aromatic rings. The van der Waals surface area contributed by atoms with Gasteiger partial charge in [-0.1, -0.05) is 0 Å². The number of nitrogens with two attached hydrogens (primary N) is 1. The first-order valence-electron chi connectivity index (χ1n) is 4.49. The molecular weight excluding hydrogens is 265 g/mol. The molecular formula is C10H13BrFNO2. The van der Waals surface area contributed by atoms with Crippen LogP contribution >= 0.6 is 15.9 Å². The fourth-order valence-electron chi connectivity index (χ4n) is 1.27. The number of halogens is 2. The summed E-state index contributed by atoms with van der Waals surface area (Å²) in [6, 6.07) is 2.53. The Balaban J connectivity index is 3.09. The first kappa shape index (κ1) is 12.4. The number of hydrogen-bond acceptors (Lipinski definition) is 3. The Morgan fingerprint density at radius 1 is 1.60 bits per heavy atom. The molecule has 5 heteroatoms. The van der Waals surface area contributed by atoms with Gasteiger partial charge in [0.1, 0.15) is 11.6 Å². The molecule has 15 heavy (non-hydrogen) atoms. The highest BCUT2D eigenvalue weighted by Crippen LogP contribution is 2.30. The zero-order valence-electron chi connectivity index (χ0n) is 8.34. The smallest absolute Gasteiger partial charge is 0.141 e. The second-order valence-corrected chi connectivity index (χ2v) is 3.92. The summed E-state index contributed by atoms with van der Waals surface area (Å²) in [6.07, 6.45) is 0.380. The van der Waals surface area contributed by atoms with Crippen LogP contribution in [0.3, 0.4) is 0 Å². The fourth-order valence-corrected chi connectivity index (χ4v) is 1.79. The molecule has 1 atom stereocenters. The molecule has 3 N–H and O–H groups in total. The lowest BCUT2D eigenvalue weighted by atomic mass is 10.0. The Hall–Kier alpha value is -0.650. The Bertz CT molecular complexity index is 346. The maximum atomic E-state index is 13.4. The van der Waals surface area contributed by atoms with Crippen molar-refractivity contribution >= 4 is 15.9 Å². The maximum absolute atomic E-state index is 13.4. The van der Waals surface area contributed by atoms with Crippen LogP contribution < -0.4 is 10.5 Å². The molecule has 84 valence electrons. The molecule has 0 aromatic heterocycles. The lowest BCUT2D eigenvalue weighted by Crippen LogP contribution is -2.13. The van der Waals surface area contributed by atoms with Crippen molar-refractivity contribution in [1.29, 1.82) is 0 Å². The van der Waals surface area contributed by atoms with Crippen molar-refractivity contribution in [3.8, 4) is 5.75 Å². The highest BCUT2D eigenvalue weighted by atomic mass is 79.9. The third kappa shape index (κ3) is 2.90. The van der Waals surface area contributed by atoms with Crippen LogP contribution in [0, 0.1) is 5.82 Å². The van der Waals surface area contributed by atoms with Gasteiger partial charge in [-0.2, -0.15) is 0 Å². The van der Waals surface area contributed by atoms with Crippen molar-refractivity contribution in [3.05, 3.63) is 28.0 Å². The highest BCUT2D eigenvalue weighted by molar-refractivity contribution is 9.10. The molecule has 0 heterocycles. The summed E-state index contributed by atoms with van der Waals surface area (Å²) < 4.78 is 18.6. The SMILES string of the molecule is COc1cc(F)c(Br)c(C(N)CCO)c1. The quantitative estimate of drug-likeness (QED) is 0.885. The van der Waals surface area contributed by atoms with Crippen LogP contribution in [0.5, 0.6) is 5.75 Å². The van der Waals surface area contributed by atoms with Gasteiger partial charge < -0.3 is 15.6 Å². The van der Waals surface area contributed by atoms with Crippen molar-refractivity contribution in [3.63, 3.8) is 0 Å². The van der Waals surface area contributed by atoms with Crippen LogP contribution in [0.4, 0.5) is 4.39 Å². The predicted molar refractivity (Wildman–Crippen MR) is 59.3 cm³/mol. The highest BCUT2D eigenvalue weighted by Gasteiger charge is 2.14. The van der Waals surface area contributed by atoms with Crippen molar-refractivity contribution in [2.24, 2.45) is 5.73 Å².